The molecule has 0 atom stereocenters. The van der Waals surface area contributed by atoms with E-state index in [-0.39, 0.29) is 22.8 Å². The molecule has 2 aliphatic heterocycles. The van der Waals surface area contributed by atoms with E-state index < -0.39 is 5.66 Å². The van der Waals surface area contributed by atoms with Crippen molar-refractivity contribution in [2.45, 2.75) is 38.9 Å². The SMILES string of the molecule is CCn1cc(C(=O)N2CCC3(CC2)NC(=O)c2cccnc2N3C)c(=O)c2ccc(C)nc21. The first-order valence-electron chi connectivity index (χ1n) is 11.2. The van der Waals surface area contributed by atoms with Crippen molar-refractivity contribution < 1.29 is 9.59 Å². The Hall–Kier alpha value is -3.75. The van der Waals surface area contributed by atoms with Gasteiger partial charge in [-0.2, -0.15) is 0 Å². The Kier molecular flexibility index (Phi) is 4.92. The van der Waals surface area contributed by atoms with E-state index in [9.17, 15) is 14.4 Å². The molecule has 33 heavy (non-hydrogen) atoms. The van der Waals surface area contributed by atoms with E-state index in [1.807, 2.05) is 30.4 Å². The van der Waals surface area contributed by atoms with Gasteiger partial charge in [0.05, 0.1) is 10.9 Å². The number of hydrogen-bond acceptors (Lipinski definition) is 6. The molecule has 2 amide bonds. The molecule has 3 aromatic rings. The fraction of sp³-hybridized carbons (Fsp3) is 0.375. The molecule has 0 unspecified atom stereocenters. The Morgan fingerprint density at radius 3 is 2.67 bits per heavy atom. The second kappa shape index (κ2) is 7.68. The number of aromatic nitrogens is 3. The van der Waals surface area contributed by atoms with Gasteiger partial charge in [-0.1, -0.05) is 0 Å². The molecule has 0 radical (unpaired) electrons. The van der Waals surface area contributed by atoms with E-state index in [4.69, 9.17) is 0 Å². The second-order valence-corrected chi connectivity index (χ2v) is 8.69. The van der Waals surface area contributed by atoms with Crippen LogP contribution in [0.3, 0.4) is 0 Å². The highest BCUT2D eigenvalue weighted by Gasteiger charge is 2.45. The fourth-order valence-corrected chi connectivity index (χ4v) is 4.87. The van der Waals surface area contributed by atoms with Crippen LogP contribution in [0.15, 0.2) is 41.5 Å². The first-order valence-corrected chi connectivity index (χ1v) is 11.2. The number of nitrogens with one attached hydrogen (secondary N) is 1. The molecule has 5 heterocycles. The lowest BCUT2D eigenvalue weighted by molar-refractivity contribution is 0.0606. The van der Waals surface area contributed by atoms with Crippen LogP contribution in [-0.4, -0.2) is 57.0 Å². The summed E-state index contributed by atoms with van der Waals surface area (Å²) in [7, 11) is 1.92. The summed E-state index contributed by atoms with van der Waals surface area (Å²) < 4.78 is 1.85. The molecule has 1 fully saturated rings. The van der Waals surface area contributed by atoms with Crippen molar-refractivity contribution in [1.82, 2.24) is 24.8 Å². The summed E-state index contributed by atoms with van der Waals surface area (Å²) in [6.07, 6.45) is 4.37. The van der Waals surface area contributed by atoms with Crippen LogP contribution >= 0.6 is 0 Å². The van der Waals surface area contributed by atoms with Crippen molar-refractivity contribution in [3.8, 4) is 0 Å². The van der Waals surface area contributed by atoms with Gasteiger partial charge >= 0.3 is 0 Å². The van der Waals surface area contributed by atoms with Gasteiger partial charge in [0, 0.05) is 57.6 Å². The van der Waals surface area contributed by atoms with Gasteiger partial charge in [-0.05, 0) is 38.1 Å². The molecule has 0 aromatic carbocycles. The lowest BCUT2D eigenvalue weighted by atomic mass is 9.91. The normalized spacial score (nSPS) is 17.2. The van der Waals surface area contributed by atoms with Crippen LogP contribution in [0, 0.1) is 6.92 Å². The number of carbonyl (C=O) groups excluding carboxylic acids is 2. The van der Waals surface area contributed by atoms with Crippen LogP contribution in [0.25, 0.3) is 11.0 Å². The summed E-state index contributed by atoms with van der Waals surface area (Å²) in [4.78, 5) is 51.8. The molecule has 3 aromatic heterocycles. The lowest BCUT2D eigenvalue weighted by Gasteiger charge is -2.50. The Balaban J connectivity index is 1.43. The predicted molar refractivity (Wildman–Crippen MR) is 124 cm³/mol. The van der Waals surface area contributed by atoms with Crippen molar-refractivity contribution in [3.63, 3.8) is 0 Å². The molecule has 2 aliphatic rings. The highest BCUT2D eigenvalue weighted by molar-refractivity contribution is 6.01. The van der Waals surface area contributed by atoms with Gasteiger partial charge in [0.1, 0.15) is 22.7 Å². The molecule has 1 spiro atoms. The average Bonchev–Trinajstić information content (AvgIpc) is 2.83. The third-order valence-corrected chi connectivity index (χ3v) is 6.85. The largest absolute Gasteiger partial charge is 0.338 e. The summed E-state index contributed by atoms with van der Waals surface area (Å²) in [6.45, 7) is 5.27. The third-order valence-electron chi connectivity index (χ3n) is 6.85. The van der Waals surface area contributed by atoms with Gasteiger partial charge in [-0.25, -0.2) is 9.97 Å². The number of anilines is 1. The van der Waals surface area contributed by atoms with Crippen molar-refractivity contribution >= 4 is 28.7 Å². The second-order valence-electron chi connectivity index (χ2n) is 8.69. The van der Waals surface area contributed by atoms with Crippen LogP contribution in [0.2, 0.25) is 0 Å². The van der Waals surface area contributed by atoms with Crippen molar-refractivity contribution in [1.29, 1.82) is 0 Å². The van der Waals surface area contributed by atoms with E-state index in [0.29, 0.717) is 54.9 Å². The fourth-order valence-electron chi connectivity index (χ4n) is 4.87. The van der Waals surface area contributed by atoms with Crippen LogP contribution in [-0.2, 0) is 6.54 Å². The van der Waals surface area contributed by atoms with Gasteiger partial charge in [0.2, 0.25) is 5.43 Å². The van der Waals surface area contributed by atoms with E-state index in [2.05, 4.69) is 15.3 Å². The van der Waals surface area contributed by atoms with E-state index in [1.54, 1.807) is 41.6 Å². The van der Waals surface area contributed by atoms with Gasteiger partial charge in [0.25, 0.3) is 11.8 Å². The number of piperidine rings is 1. The van der Waals surface area contributed by atoms with Crippen molar-refractivity contribution in [3.05, 3.63) is 63.7 Å². The highest BCUT2D eigenvalue weighted by Crippen LogP contribution is 2.35. The standard InChI is InChI=1S/C24H26N6O3/c1-4-29-14-18(19(31)16-8-7-15(2)26-21(16)29)23(33)30-12-9-24(10-13-30)27-22(32)17-6-5-11-25-20(17)28(24)3/h5-8,11,14H,4,9-10,12-13H2,1-3H3,(H,27,32). The van der Waals surface area contributed by atoms with Gasteiger partial charge in [-0.15, -0.1) is 0 Å². The monoisotopic (exact) mass is 446 g/mol. The maximum Gasteiger partial charge on any atom is 0.259 e. The van der Waals surface area contributed by atoms with E-state index >= 15 is 0 Å². The van der Waals surface area contributed by atoms with Crippen LogP contribution in [0.1, 0.15) is 46.2 Å². The zero-order chi connectivity index (χ0) is 23.3. The minimum absolute atomic E-state index is 0.152. The summed E-state index contributed by atoms with van der Waals surface area (Å²) >= 11 is 0. The molecule has 0 aliphatic carbocycles. The quantitative estimate of drug-likeness (QED) is 0.646. The van der Waals surface area contributed by atoms with Crippen LogP contribution in [0.4, 0.5) is 5.82 Å². The molecule has 0 saturated carbocycles. The number of likely N-dealkylation sites (tertiary alicyclic amines) is 1. The third kappa shape index (κ3) is 3.26. The maximum absolute atomic E-state index is 13.4. The molecular weight excluding hydrogens is 420 g/mol. The zero-order valence-corrected chi connectivity index (χ0v) is 19.0. The van der Waals surface area contributed by atoms with Crippen molar-refractivity contribution in [2.75, 3.05) is 25.0 Å². The molecular formula is C24H26N6O3. The molecule has 0 bridgehead atoms. The molecule has 5 rings (SSSR count). The van der Waals surface area contributed by atoms with E-state index in [0.717, 1.165) is 5.69 Å². The Labute approximate surface area is 191 Å². The summed E-state index contributed by atoms with van der Waals surface area (Å²) in [5, 5.41) is 3.58. The molecule has 9 heteroatoms. The Morgan fingerprint density at radius 1 is 1.18 bits per heavy atom. The smallest absolute Gasteiger partial charge is 0.259 e. The molecule has 1 saturated heterocycles. The van der Waals surface area contributed by atoms with Crippen LogP contribution < -0.4 is 15.6 Å². The maximum atomic E-state index is 13.4. The minimum atomic E-state index is -0.607. The molecule has 170 valence electrons. The average molecular weight is 447 g/mol. The number of pyridine rings is 3. The lowest BCUT2D eigenvalue weighted by Crippen LogP contribution is -2.67. The molecule has 9 nitrogen and oxygen atoms in total. The Morgan fingerprint density at radius 2 is 1.94 bits per heavy atom. The number of hydrogen-bond donors (Lipinski definition) is 1. The number of fused-ring (bicyclic) bond motifs is 2. The first kappa shape index (κ1) is 21.1. The zero-order valence-electron chi connectivity index (χ0n) is 19.0. The summed E-state index contributed by atoms with van der Waals surface area (Å²) in [5.41, 5.74) is 1.20. The Bertz CT molecular complexity index is 1340. The van der Waals surface area contributed by atoms with Crippen LogP contribution in [0.5, 0.6) is 0 Å². The van der Waals surface area contributed by atoms with Gasteiger partial charge in [0.15, 0.2) is 0 Å². The topological polar surface area (TPSA) is 100 Å². The number of amides is 2. The molecule has 1 N–H and O–H groups in total. The number of nitrogens with zero attached hydrogens (tertiary/aromatic N) is 5. The number of rotatable bonds is 2. The predicted octanol–water partition coefficient (Wildman–Crippen LogP) is 1.93. The van der Waals surface area contributed by atoms with Crippen molar-refractivity contribution in [2.24, 2.45) is 0 Å². The van der Waals surface area contributed by atoms with Gasteiger partial charge < -0.3 is 19.7 Å². The summed E-state index contributed by atoms with van der Waals surface area (Å²) in [5.74, 6) is 0.200. The summed E-state index contributed by atoms with van der Waals surface area (Å²) in [6, 6.07) is 7.03. The highest BCUT2D eigenvalue weighted by atomic mass is 16.2. The van der Waals surface area contributed by atoms with E-state index in [1.165, 1.54) is 0 Å². The number of aryl methyl sites for hydroxylation is 2. The first-order chi connectivity index (χ1) is 15.8. The van der Waals surface area contributed by atoms with Gasteiger partial charge in [-0.3, -0.25) is 14.4 Å². The number of carbonyl (C=O) groups is 2. The minimum Gasteiger partial charge on any atom is -0.338 e.